The van der Waals surface area contributed by atoms with Crippen molar-refractivity contribution in [1.29, 1.82) is 0 Å². The predicted molar refractivity (Wildman–Crippen MR) is 113 cm³/mol. The molecular formula is C23H26F3N3O3. The Morgan fingerprint density at radius 2 is 2.03 bits per heavy atom. The van der Waals surface area contributed by atoms with Crippen LogP contribution in [0.4, 0.5) is 13.2 Å². The highest BCUT2D eigenvalue weighted by molar-refractivity contribution is 5.85. The number of aliphatic hydroxyl groups is 1. The average Bonchev–Trinajstić information content (AvgIpc) is 3.59. The van der Waals surface area contributed by atoms with E-state index in [-0.39, 0.29) is 24.3 Å². The van der Waals surface area contributed by atoms with Crippen molar-refractivity contribution in [2.45, 2.75) is 43.8 Å². The number of carbonyl (C=O) groups excluding carboxylic acids is 1. The van der Waals surface area contributed by atoms with E-state index in [0.29, 0.717) is 24.7 Å². The molecule has 1 fully saturated rings. The third kappa shape index (κ3) is 5.72. The topological polar surface area (TPSA) is 73.8 Å². The minimum Gasteiger partial charge on any atom is -0.406 e. The molecule has 0 bridgehead atoms. The normalized spacial score (nSPS) is 22.4. The number of alkyl halides is 3. The molecule has 32 heavy (non-hydrogen) atoms. The monoisotopic (exact) mass is 449 g/mol. The maximum absolute atomic E-state index is 12.4. The number of halogens is 3. The molecule has 6 nitrogen and oxygen atoms in total. The SMILES string of the molecule is O=C(NC1CC1)C1C=CC=C(C2=CCN(C(CO)c3ccc(OC(F)(F)F)cc3)CC2)N1. The molecule has 4 rings (SSSR count). The molecule has 0 aromatic heterocycles. The quantitative estimate of drug-likeness (QED) is 0.597. The molecule has 172 valence electrons. The van der Waals surface area contributed by atoms with Gasteiger partial charge in [-0.05, 0) is 48.6 Å². The molecule has 2 unspecified atom stereocenters. The maximum atomic E-state index is 12.4. The standard InChI is InChI=1S/C23H26F3N3O3/c24-23(25,26)32-18-8-4-16(5-9-18)21(14-30)29-12-10-15(11-13-29)19-2-1-3-20(28-19)22(31)27-17-6-7-17/h1-5,8-10,17,20-21,28,30H,6-7,11-14H2,(H,27,31). The lowest BCUT2D eigenvalue weighted by molar-refractivity contribution is -0.274. The zero-order chi connectivity index (χ0) is 22.7. The van der Waals surface area contributed by atoms with Gasteiger partial charge in [-0.1, -0.05) is 30.4 Å². The van der Waals surface area contributed by atoms with Crippen LogP contribution in [0.25, 0.3) is 0 Å². The van der Waals surface area contributed by atoms with Crippen LogP contribution in [0.1, 0.15) is 30.9 Å². The average molecular weight is 449 g/mol. The predicted octanol–water partition coefficient (Wildman–Crippen LogP) is 2.94. The molecular weight excluding hydrogens is 423 g/mol. The van der Waals surface area contributed by atoms with Gasteiger partial charge in [0.2, 0.25) is 5.91 Å². The highest BCUT2D eigenvalue weighted by Crippen LogP contribution is 2.29. The largest absolute Gasteiger partial charge is 0.573 e. The summed E-state index contributed by atoms with van der Waals surface area (Å²) in [6.45, 7) is 1.08. The second kappa shape index (κ2) is 9.38. The molecule has 2 aliphatic heterocycles. The second-order valence-corrected chi connectivity index (χ2v) is 8.16. The second-order valence-electron chi connectivity index (χ2n) is 8.16. The number of carbonyl (C=O) groups is 1. The van der Waals surface area contributed by atoms with Gasteiger partial charge in [0.25, 0.3) is 0 Å². The number of nitrogens with zero attached hydrogens (tertiary/aromatic N) is 1. The van der Waals surface area contributed by atoms with Crippen LogP contribution in [0.2, 0.25) is 0 Å². The number of allylic oxidation sites excluding steroid dienone is 3. The van der Waals surface area contributed by atoms with E-state index in [1.165, 1.54) is 12.1 Å². The minimum atomic E-state index is -4.74. The van der Waals surface area contributed by atoms with Crippen molar-refractivity contribution in [1.82, 2.24) is 15.5 Å². The molecule has 1 amide bonds. The van der Waals surface area contributed by atoms with Crippen LogP contribution in [-0.4, -0.2) is 54.1 Å². The van der Waals surface area contributed by atoms with Crippen molar-refractivity contribution >= 4 is 5.91 Å². The molecule has 1 aromatic carbocycles. The summed E-state index contributed by atoms with van der Waals surface area (Å²) in [5, 5.41) is 16.2. The summed E-state index contributed by atoms with van der Waals surface area (Å²) < 4.78 is 41.0. The number of nitrogens with one attached hydrogen (secondary N) is 2. The number of hydrogen-bond acceptors (Lipinski definition) is 5. The van der Waals surface area contributed by atoms with E-state index in [9.17, 15) is 23.1 Å². The van der Waals surface area contributed by atoms with Crippen LogP contribution in [0.3, 0.4) is 0 Å². The molecule has 2 heterocycles. The molecule has 9 heteroatoms. The zero-order valence-electron chi connectivity index (χ0n) is 17.4. The Morgan fingerprint density at radius 1 is 1.28 bits per heavy atom. The van der Waals surface area contributed by atoms with Crippen molar-refractivity contribution < 1.29 is 27.8 Å². The van der Waals surface area contributed by atoms with Crippen molar-refractivity contribution in [2.24, 2.45) is 0 Å². The van der Waals surface area contributed by atoms with Gasteiger partial charge in [0.05, 0.1) is 12.6 Å². The van der Waals surface area contributed by atoms with E-state index in [0.717, 1.165) is 30.5 Å². The van der Waals surface area contributed by atoms with E-state index >= 15 is 0 Å². The number of aliphatic hydroxyl groups excluding tert-OH is 1. The minimum absolute atomic E-state index is 0.0225. The highest BCUT2D eigenvalue weighted by Gasteiger charge is 2.31. The Kier molecular flexibility index (Phi) is 6.57. The molecule has 0 radical (unpaired) electrons. The van der Waals surface area contributed by atoms with Crippen LogP contribution in [0.15, 0.2) is 59.8 Å². The van der Waals surface area contributed by atoms with Crippen LogP contribution in [-0.2, 0) is 4.79 Å². The van der Waals surface area contributed by atoms with Crippen molar-refractivity contribution in [2.75, 3.05) is 19.7 Å². The van der Waals surface area contributed by atoms with Crippen molar-refractivity contribution in [3.05, 3.63) is 65.4 Å². The summed E-state index contributed by atoms with van der Waals surface area (Å²) >= 11 is 0. The van der Waals surface area contributed by atoms with Gasteiger partial charge in [0, 0.05) is 24.8 Å². The lowest BCUT2D eigenvalue weighted by Gasteiger charge is -2.34. The zero-order valence-corrected chi connectivity index (χ0v) is 17.4. The summed E-state index contributed by atoms with van der Waals surface area (Å²) in [5.41, 5.74) is 2.73. The first-order valence-corrected chi connectivity index (χ1v) is 10.7. The van der Waals surface area contributed by atoms with Gasteiger partial charge in [0.15, 0.2) is 0 Å². The van der Waals surface area contributed by atoms with Gasteiger partial charge in [-0.25, -0.2) is 0 Å². The highest BCUT2D eigenvalue weighted by atomic mass is 19.4. The lowest BCUT2D eigenvalue weighted by atomic mass is 9.98. The summed E-state index contributed by atoms with van der Waals surface area (Å²) in [6, 6.07) is 5.17. The Hall–Kier alpha value is -2.78. The fourth-order valence-corrected chi connectivity index (χ4v) is 3.93. The Balaban J connectivity index is 1.37. The van der Waals surface area contributed by atoms with Gasteiger partial charge in [-0.3, -0.25) is 9.69 Å². The van der Waals surface area contributed by atoms with Crippen LogP contribution in [0.5, 0.6) is 5.75 Å². The number of dihydropyridines is 1. The van der Waals surface area contributed by atoms with E-state index in [1.54, 1.807) is 12.1 Å². The third-order valence-corrected chi connectivity index (χ3v) is 5.78. The number of ether oxygens (including phenoxy) is 1. The first-order chi connectivity index (χ1) is 15.3. The Bertz CT molecular complexity index is 921. The van der Waals surface area contributed by atoms with Gasteiger partial charge < -0.3 is 20.5 Å². The first-order valence-electron chi connectivity index (χ1n) is 10.7. The van der Waals surface area contributed by atoms with Crippen LogP contribution < -0.4 is 15.4 Å². The van der Waals surface area contributed by atoms with Gasteiger partial charge in [-0.15, -0.1) is 13.2 Å². The molecule has 1 saturated carbocycles. The first kappa shape index (κ1) is 22.4. The Morgan fingerprint density at radius 3 is 2.62 bits per heavy atom. The molecule has 3 N–H and O–H groups in total. The smallest absolute Gasteiger partial charge is 0.406 e. The molecule has 0 spiro atoms. The van der Waals surface area contributed by atoms with E-state index in [1.807, 2.05) is 18.2 Å². The van der Waals surface area contributed by atoms with Crippen molar-refractivity contribution in [3.8, 4) is 5.75 Å². The number of rotatable bonds is 7. The molecule has 1 aromatic rings. The fraction of sp³-hybridized carbons (Fsp3) is 0.435. The van der Waals surface area contributed by atoms with Crippen LogP contribution in [0, 0.1) is 0 Å². The van der Waals surface area contributed by atoms with Gasteiger partial charge in [0.1, 0.15) is 11.8 Å². The summed E-state index contributed by atoms with van der Waals surface area (Å²) in [5.74, 6) is -0.312. The number of amides is 1. The molecule has 0 saturated heterocycles. The third-order valence-electron chi connectivity index (χ3n) is 5.78. The number of hydrogen-bond donors (Lipinski definition) is 3. The lowest BCUT2D eigenvalue weighted by Crippen LogP contribution is -2.45. The van der Waals surface area contributed by atoms with E-state index < -0.39 is 12.4 Å². The summed E-state index contributed by atoms with van der Waals surface area (Å²) in [4.78, 5) is 14.4. The fourth-order valence-electron chi connectivity index (χ4n) is 3.93. The molecule has 2 atom stereocenters. The molecule has 1 aliphatic carbocycles. The van der Waals surface area contributed by atoms with Gasteiger partial charge in [-0.2, -0.15) is 0 Å². The van der Waals surface area contributed by atoms with E-state index in [4.69, 9.17) is 0 Å². The Labute approximate surface area is 184 Å². The van der Waals surface area contributed by atoms with Gasteiger partial charge >= 0.3 is 6.36 Å². The van der Waals surface area contributed by atoms with Crippen molar-refractivity contribution in [3.63, 3.8) is 0 Å². The maximum Gasteiger partial charge on any atom is 0.573 e. The molecule has 3 aliphatic rings. The van der Waals surface area contributed by atoms with Crippen LogP contribution >= 0.6 is 0 Å². The summed E-state index contributed by atoms with van der Waals surface area (Å²) in [6.07, 6.45) is 5.79. The van der Waals surface area contributed by atoms with E-state index in [2.05, 4.69) is 26.3 Å². The number of benzene rings is 1. The summed E-state index contributed by atoms with van der Waals surface area (Å²) in [7, 11) is 0.